The number of carbonyl (C=O) groups is 1. The Balaban J connectivity index is 2.12. The highest BCUT2D eigenvalue weighted by molar-refractivity contribution is 14.1. The Morgan fingerprint density at radius 3 is 2.62 bits per heavy atom. The molecular weight excluding hydrogens is 321 g/mol. The van der Waals surface area contributed by atoms with Gasteiger partial charge in [-0.3, -0.25) is 9.69 Å². The topological polar surface area (TPSA) is 38.8 Å². The number of hydrogen-bond donors (Lipinski definition) is 0. The zero-order chi connectivity index (χ0) is 12.0. The summed E-state index contributed by atoms with van der Waals surface area (Å²) in [5.74, 6) is 0.236. The molecule has 0 amide bonds. The van der Waals surface area contributed by atoms with Gasteiger partial charge in [-0.2, -0.15) is 0 Å². The Labute approximate surface area is 111 Å². The van der Waals surface area contributed by atoms with Gasteiger partial charge in [0, 0.05) is 19.6 Å². The number of morpholine rings is 1. The highest BCUT2D eigenvalue weighted by Gasteiger charge is 2.20. The second-order valence-corrected chi connectivity index (χ2v) is 5.61. The van der Waals surface area contributed by atoms with Gasteiger partial charge in [0.25, 0.3) is 0 Å². The molecule has 1 atom stereocenters. The summed E-state index contributed by atoms with van der Waals surface area (Å²) in [5, 5.41) is 0. The van der Waals surface area contributed by atoms with Gasteiger partial charge in [-0.05, 0) is 5.92 Å². The number of alkyl halides is 1. The number of rotatable bonds is 5. The van der Waals surface area contributed by atoms with Crippen molar-refractivity contribution < 1.29 is 14.3 Å². The molecule has 1 unspecified atom stereocenters. The minimum absolute atomic E-state index is 0.0395. The lowest BCUT2D eigenvalue weighted by atomic mass is 10.1. The Hall–Kier alpha value is 0.120. The number of hydrogen-bond acceptors (Lipinski definition) is 4. The van der Waals surface area contributed by atoms with Crippen molar-refractivity contribution in [1.82, 2.24) is 4.90 Å². The van der Waals surface area contributed by atoms with Crippen LogP contribution in [0, 0.1) is 5.92 Å². The summed E-state index contributed by atoms with van der Waals surface area (Å²) >= 11 is 2.14. The Kier molecular flexibility index (Phi) is 6.60. The van der Waals surface area contributed by atoms with Crippen LogP contribution in [0.1, 0.15) is 13.8 Å². The summed E-state index contributed by atoms with van der Waals surface area (Å²) < 4.78 is 10.4. The molecule has 0 aromatic heterocycles. The first-order chi connectivity index (χ1) is 7.61. The van der Waals surface area contributed by atoms with Gasteiger partial charge < -0.3 is 9.47 Å². The second-order valence-electron chi connectivity index (χ2n) is 4.27. The minimum atomic E-state index is -0.0936. The van der Waals surface area contributed by atoms with E-state index in [4.69, 9.17) is 9.47 Å². The lowest BCUT2D eigenvalue weighted by molar-refractivity contribution is -0.143. The summed E-state index contributed by atoms with van der Waals surface area (Å²) in [6.07, 6.45) is 0. The van der Waals surface area contributed by atoms with Gasteiger partial charge in [-0.25, -0.2) is 0 Å². The van der Waals surface area contributed by atoms with E-state index in [-0.39, 0.29) is 9.89 Å². The third kappa shape index (κ3) is 4.97. The van der Waals surface area contributed by atoms with Crippen LogP contribution < -0.4 is 0 Å². The molecule has 0 radical (unpaired) electrons. The van der Waals surface area contributed by atoms with Crippen LogP contribution in [0.25, 0.3) is 0 Å². The molecule has 0 N–H and O–H groups in total. The van der Waals surface area contributed by atoms with E-state index in [0.717, 1.165) is 32.8 Å². The van der Waals surface area contributed by atoms with Gasteiger partial charge in [0.05, 0.1) is 13.2 Å². The van der Waals surface area contributed by atoms with Crippen LogP contribution in [0.4, 0.5) is 0 Å². The molecule has 1 fully saturated rings. The predicted octanol–water partition coefficient (Wildman–Crippen LogP) is 1.32. The van der Waals surface area contributed by atoms with Crippen LogP contribution in [0.2, 0.25) is 0 Å². The van der Waals surface area contributed by atoms with Gasteiger partial charge in [0.2, 0.25) is 0 Å². The average molecular weight is 341 g/mol. The molecule has 0 bridgehead atoms. The van der Waals surface area contributed by atoms with Crippen LogP contribution >= 0.6 is 22.6 Å². The zero-order valence-electron chi connectivity index (χ0n) is 9.95. The van der Waals surface area contributed by atoms with Crippen molar-refractivity contribution in [2.45, 2.75) is 17.8 Å². The van der Waals surface area contributed by atoms with Crippen molar-refractivity contribution in [2.24, 2.45) is 5.92 Å². The predicted molar refractivity (Wildman–Crippen MR) is 70.9 cm³/mol. The van der Waals surface area contributed by atoms with E-state index in [9.17, 15) is 4.79 Å². The molecule has 1 saturated heterocycles. The molecule has 94 valence electrons. The molecule has 5 heteroatoms. The van der Waals surface area contributed by atoms with Gasteiger partial charge in [0.15, 0.2) is 0 Å². The molecular formula is C11H20INO3. The van der Waals surface area contributed by atoms with Crippen LogP contribution in [0.5, 0.6) is 0 Å². The standard InChI is InChI=1S/C11H20INO3/c1-9(2)10(12)11(14)16-8-5-13-3-6-15-7-4-13/h9-10H,3-8H2,1-2H3. The van der Waals surface area contributed by atoms with E-state index >= 15 is 0 Å². The molecule has 0 spiro atoms. The van der Waals surface area contributed by atoms with Gasteiger partial charge in [-0.1, -0.05) is 36.4 Å². The summed E-state index contributed by atoms with van der Waals surface area (Å²) in [6.45, 7) is 8.82. The fourth-order valence-electron chi connectivity index (χ4n) is 1.45. The van der Waals surface area contributed by atoms with Crippen molar-refractivity contribution in [3.05, 3.63) is 0 Å². The van der Waals surface area contributed by atoms with Crippen molar-refractivity contribution in [3.8, 4) is 0 Å². The molecule has 0 aromatic carbocycles. The highest BCUT2D eigenvalue weighted by Crippen LogP contribution is 2.14. The smallest absolute Gasteiger partial charge is 0.319 e. The van der Waals surface area contributed by atoms with E-state index in [2.05, 4.69) is 27.5 Å². The van der Waals surface area contributed by atoms with Crippen molar-refractivity contribution in [3.63, 3.8) is 0 Å². The van der Waals surface area contributed by atoms with Crippen molar-refractivity contribution in [1.29, 1.82) is 0 Å². The molecule has 1 rings (SSSR count). The van der Waals surface area contributed by atoms with Crippen molar-refractivity contribution in [2.75, 3.05) is 39.5 Å². The fourth-order valence-corrected chi connectivity index (χ4v) is 1.63. The van der Waals surface area contributed by atoms with Crippen LogP contribution in [-0.4, -0.2) is 54.2 Å². The van der Waals surface area contributed by atoms with E-state index in [1.165, 1.54) is 0 Å². The molecule has 1 heterocycles. The zero-order valence-corrected chi connectivity index (χ0v) is 12.1. The van der Waals surface area contributed by atoms with Gasteiger partial charge in [-0.15, -0.1) is 0 Å². The molecule has 0 aliphatic carbocycles. The molecule has 4 nitrogen and oxygen atoms in total. The average Bonchev–Trinajstić information content (AvgIpc) is 2.29. The molecule has 1 aliphatic heterocycles. The number of ether oxygens (including phenoxy) is 2. The third-order valence-electron chi connectivity index (χ3n) is 2.57. The minimum Gasteiger partial charge on any atom is -0.464 e. The molecule has 1 aliphatic rings. The van der Waals surface area contributed by atoms with Crippen LogP contribution in [-0.2, 0) is 14.3 Å². The lowest BCUT2D eigenvalue weighted by Crippen LogP contribution is -2.39. The van der Waals surface area contributed by atoms with E-state index in [1.54, 1.807) is 0 Å². The van der Waals surface area contributed by atoms with Gasteiger partial charge in [0.1, 0.15) is 10.5 Å². The first kappa shape index (κ1) is 14.2. The molecule has 0 aromatic rings. The van der Waals surface area contributed by atoms with E-state index in [1.807, 2.05) is 13.8 Å². The first-order valence-electron chi connectivity index (χ1n) is 5.72. The highest BCUT2D eigenvalue weighted by atomic mass is 127. The SMILES string of the molecule is CC(C)C(I)C(=O)OCCN1CCOCC1. The van der Waals surface area contributed by atoms with Crippen LogP contribution in [0.15, 0.2) is 0 Å². The maximum atomic E-state index is 11.6. The van der Waals surface area contributed by atoms with Crippen LogP contribution in [0.3, 0.4) is 0 Å². The van der Waals surface area contributed by atoms with Gasteiger partial charge >= 0.3 is 5.97 Å². The van der Waals surface area contributed by atoms with E-state index in [0.29, 0.717) is 12.5 Å². The number of esters is 1. The number of carbonyl (C=O) groups excluding carboxylic acids is 1. The quantitative estimate of drug-likeness (QED) is 0.430. The van der Waals surface area contributed by atoms with E-state index < -0.39 is 0 Å². The maximum absolute atomic E-state index is 11.6. The fraction of sp³-hybridized carbons (Fsp3) is 0.909. The first-order valence-corrected chi connectivity index (χ1v) is 6.96. The molecule has 16 heavy (non-hydrogen) atoms. The number of nitrogens with zero attached hydrogens (tertiary/aromatic N) is 1. The summed E-state index contributed by atoms with van der Waals surface area (Å²) in [7, 11) is 0. The summed E-state index contributed by atoms with van der Waals surface area (Å²) in [6, 6.07) is 0. The number of halogens is 1. The Bertz CT molecular complexity index is 217. The third-order valence-corrected chi connectivity index (χ3v) is 4.51. The summed E-state index contributed by atoms with van der Waals surface area (Å²) in [4.78, 5) is 13.8. The Morgan fingerprint density at radius 2 is 2.06 bits per heavy atom. The second kappa shape index (κ2) is 7.45. The molecule has 0 saturated carbocycles. The normalized spacial score (nSPS) is 19.8. The lowest BCUT2D eigenvalue weighted by Gasteiger charge is -2.26. The van der Waals surface area contributed by atoms with Crippen molar-refractivity contribution >= 4 is 28.6 Å². The monoisotopic (exact) mass is 341 g/mol. The largest absolute Gasteiger partial charge is 0.464 e. The summed E-state index contributed by atoms with van der Waals surface area (Å²) in [5.41, 5.74) is 0. The Morgan fingerprint density at radius 1 is 1.44 bits per heavy atom. The maximum Gasteiger partial charge on any atom is 0.319 e.